The summed E-state index contributed by atoms with van der Waals surface area (Å²) >= 11 is 0. The maximum absolute atomic E-state index is 12.8. The zero-order chi connectivity index (χ0) is 19.0. The van der Waals surface area contributed by atoms with Gasteiger partial charge in [0.2, 0.25) is 5.91 Å². The molecule has 3 aromatic rings. The first-order valence-electron chi connectivity index (χ1n) is 9.00. The molecule has 0 saturated heterocycles. The Morgan fingerprint density at radius 1 is 0.926 bits per heavy atom. The number of phenols is 2. The lowest BCUT2D eigenvalue weighted by atomic mass is 9.94. The van der Waals surface area contributed by atoms with E-state index in [1.807, 2.05) is 36.4 Å². The van der Waals surface area contributed by atoms with Crippen molar-refractivity contribution in [2.24, 2.45) is 0 Å². The molecule has 1 fully saturated rings. The molecule has 4 nitrogen and oxygen atoms in total. The van der Waals surface area contributed by atoms with E-state index in [1.165, 1.54) is 23.3 Å². The van der Waals surface area contributed by atoms with Crippen molar-refractivity contribution in [2.75, 3.05) is 5.32 Å². The Morgan fingerprint density at radius 3 is 2.26 bits per heavy atom. The third-order valence-corrected chi connectivity index (χ3v) is 5.31. The molecular formula is C23H21NO3. The van der Waals surface area contributed by atoms with Crippen LogP contribution in [0.3, 0.4) is 0 Å². The molecular weight excluding hydrogens is 338 g/mol. The smallest absolute Gasteiger partial charge is 0.235 e. The predicted octanol–water partition coefficient (Wildman–Crippen LogP) is 4.74. The highest BCUT2D eigenvalue weighted by atomic mass is 16.3. The SMILES string of the molecule is Cc1ccccc1-c1ccc(NC(=O)C2(c3ccc(O)c(O)c3)CC2)cc1. The fourth-order valence-corrected chi connectivity index (χ4v) is 3.47. The van der Waals surface area contributed by atoms with Gasteiger partial charge in [0.25, 0.3) is 0 Å². The molecule has 1 aliphatic rings. The van der Waals surface area contributed by atoms with Crippen LogP contribution in [0.1, 0.15) is 24.0 Å². The van der Waals surface area contributed by atoms with Crippen LogP contribution >= 0.6 is 0 Å². The molecule has 136 valence electrons. The van der Waals surface area contributed by atoms with Gasteiger partial charge >= 0.3 is 0 Å². The van der Waals surface area contributed by atoms with Gasteiger partial charge in [-0.25, -0.2) is 0 Å². The molecule has 0 aromatic heterocycles. The second-order valence-electron chi connectivity index (χ2n) is 7.13. The number of carbonyl (C=O) groups is 1. The van der Waals surface area contributed by atoms with Gasteiger partial charge in [0.15, 0.2) is 11.5 Å². The van der Waals surface area contributed by atoms with Gasteiger partial charge in [-0.3, -0.25) is 4.79 Å². The monoisotopic (exact) mass is 359 g/mol. The zero-order valence-electron chi connectivity index (χ0n) is 15.1. The predicted molar refractivity (Wildman–Crippen MR) is 106 cm³/mol. The molecule has 0 unspecified atom stereocenters. The Bertz CT molecular complexity index is 1000. The molecule has 27 heavy (non-hydrogen) atoms. The Hall–Kier alpha value is -3.27. The molecule has 0 radical (unpaired) electrons. The number of rotatable bonds is 4. The molecule has 3 aromatic carbocycles. The van der Waals surface area contributed by atoms with E-state index in [2.05, 4.69) is 24.4 Å². The molecule has 4 heteroatoms. The summed E-state index contributed by atoms with van der Waals surface area (Å²) in [5.74, 6) is -0.466. The van der Waals surface area contributed by atoms with Gasteiger partial charge in [-0.15, -0.1) is 0 Å². The number of aryl methyl sites for hydroxylation is 1. The van der Waals surface area contributed by atoms with E-state index >= 15 is 0 Å². The van der Waals surface area contributed by atoms with Crippen LogP contribution in [0, 0.1) is 6.92 Å². The Kier molecular flexibility index (Phi) is 4.11. The lowest BCUT2D eigenvalue weighted by molar-refractivity contribution is -0.118. The molecule has 4 rings (SSSR count). The molecule has 0 aliphatic heterocycles. The van der Waals surface area contributed by atoms with Gasteiger partial charge in [-0.1, -0.05) is 42.5 Å². The Labute approximate surface area is 158 Å². The average Bonchev–Trinajstić information content (AvgIpc) is 3.47. The summed E-state index contributed by atoms with van der Waals surface area (Å²) in [5, 5.41) is 22.2. The molecule has 0 spiro atoms. The van der Waals surface area contributed by atoms with E-state index < -0.39 is 5.41 Å². The first kappa shape index (κ1) is 17.2. The first-order chi connectivity index (χ1) is 13.0. The minimum absolute atomic E-state index is 0.0868. The summed E-state index contributed by atoms with van der Waals surface area (Å²) in [5.41, 5.74) is 4.33. The van der Waals surface area contributed by atoms with Crippen molar-refractivity contribution in [1.82, 2.24) is 0 Å². The Morgan fingerprint density at radius 2 is 1.63 bits per heavy atom. The van der Waals surface area contributed by atoms with E-state index in [1.54, 1.807) is 6.07 Å². The van der Waals surface area contributed by atoms with Gasteiger partial charge in [0.1, 0.15) is 0 Å². The van der Waals surface area contributed by atoms with Crippen molar-refractivity contribution in [3.05, 3.63) is 77.9 Å². The van der Waals surface area contributed by atoms with Crippen LogP contribution in [-0.2, 0) is 10.2 Å². The number of carbonyl (C=O) groups excluding carboxylic acids is 1. The summed E-state index contributed by atoms with van der Waals surface area (Å²) in [4.78, 5) is 12.8. The minimum atomic E-state index is -0.625. The highest BCUT2D eigenvalue weighted by Gasteiger charge is 2.51. The zero-order valence-corrected chi connectivity index (χ0v) is 15.1. The molecule has 1 aliphatic carbocycles. The van der Waals surface area contributed by atoms with Crippen LogP contribution < -0.4 is 5.32 Å². The molecule has 3 N–H and O–H groups in total. The van der Waals surface area contributed by atoms with Crippen molar-refractivity contribution < 1.29 is 15.0 Å². The minimum Gasteiger partial charge on any atom is -0.504 e. The topological polar surface area (TPSA) is 69.6 Å². The van der Waals surface area contributed by atoms with E-state index in [-0.39, 0.29) is 17.4 Å². The highest BCUT2D eigenvalue weighted by molar-refractivity contribution is 6.01. The number of amides is 1. The van der Waals surface area contributed by atoms with Crippen molar-refractivity contribution in [3.8, 4) is 22.6 Å². The van der Waals surface area contributed by atoms with Crippen molar-refractivity contribution in [1.29, 1.82) is 0 Å². The van der Waals surface area contributed by atoms with Crippen LogP contribution in [0.5, 0.6) is 11.5 Å². The lowest BCUT2D eigenvalue weighted by Crippen LogP contribution is -2.27. The number of hydrogen-bond donors (Lipinski definition) is 3. The van der Waals surface area contributed by atoms with E-state index in [9.17, 15) is 15.0 Å². The van der Waals surface area contributed by atoms with E-state index in [4.69, 9.17) is 0 Å². The molecule has 0 bridgehead atoms. The molecule has 0 atom stereocenters. The second kappa shape index (κ2) is 6.47. The summed E-state index contributed by atoms with van der Waals surface area (Å²) in [7, 11) is 0. The molecule has 0 heterocycles. The van der Waals surface area contributed by atoms with Gasteiger partial charge in [-0.2, -0.15) is 0 Å². The van der Waals surface area contributed by atoms with Gasteiger partial charge in [-0.05, 0) is 66.3 Å². The first-order valence-corrected chi connectivity index (χ1v) is 9.00. The maximum atomic E-state index is 12.8. The van der Waals surface area contributed by atoms with Crippen LogP contribution in [0.2, 0.25) is 0 Å². The Balaban J connectivity index is 1.53. The van der Waals surface area contributed by atoms with Crippen molar-refractivity contribution in [2.45, 2.75) is 25.2 Å². The quantitative estimate of drug-likeness (QED) is 0.589. The highest BCUT2D eigenvalue weighted by Crippen LogP contribution is 2.50. The molecule has 1 saturated carbocycles. The largest absolute Gasteiger partial charge is 0.504 e. The van der Waals surface area contributed by atoms with Crippen LogP contribution in [0.25, 0.3) is 11.1 Å². The number of hydrogen-bond acceptors (Lipinski definition) is 3. The summed E-state index contributed by atoms with van der Waals surface area (Å²) in [6, 6.07) is 20.6. The second-order valence-corrected chi connectivity index (χ2v) is 7.13. The van der Waals surface area contributed by atoms with Gasteiger partial charge < -0.3 is 15.5 Å². The third kappa shape index (κ3) is 3.14. The van der Waals surface area contributed by atoms with Gasteiger partial charge in [0.05, 0.1) is 5.41 Å². The van der Waals surface area contributed by atoms with E-state index in [0.717, 1.165) is 29.7 Å². The van der Waals surface area contributed by atoms with Crippen LogP contribution in [0.15, 0.2) is 66.7 Å². The lowest BCUT2D eigenvalue weighted by Gasteiger charge is -2.17. The van der Waals surface area contributed by atoms with Crippen LogP contribution in [-0.4, -0.2) is 16.1 Å². The van der Waals surface area contributed by atoms with Crippen molar-refractivity contribution >= 4 is 11.6 Å². The maximum Gasteiger partial charge on any atom is 0.235 e. The summed E-state index contributed by atoms with van der Waals surface area (Å²) < 4.78 is 0. The fraction of sp³-hybridized carbons (Fsp3) is 0.174. The third-order valence-electron chi connectivity index (χ3n) is 5.31. The average molecular weight is 359 g/mol. The standard InChI is InChI=1S/C23H21NO3/c1-15-4-2-3-5-19(15)16-6-9-18(10-7-16)24-22(27)23(12-13-23)17-8-11-20(25)21(26)14-17/h2-11,14,25-26H,12-13H2,1H3,(H,24,27). The molecule has 1 amide bonds. The summed E-state index contributed by atoms with van der Waals surface area (Å²) in [6.45, 7) is 2.08. The number of nitrogens with one attached hydrogen (secondary N) is 1. The van der Waals surface area contributed by atoms with Gasteiger partial charge in [0, 0.05) is 5.69 Å². The number of aromatic hydroxyl groups is 2. The van der Waals surface area contributed by atoms with Crippen molar-refractivity contribution in [3.63, 3.8) is 0 Å². The van der Waals surface area contributed by atoms with Crippen LogP contribution in [0.4, 0.5) is 5.69 Å². The number of anilines is 1. The number of phenolic OH excluding ortho intramolecular Hbond substituents is 2. The summed E-state index contributed by atoms with van der Waals surface area (Å²) in [6.07, 6.45) is 1.45. The number of benzene rings is 3. The normalized spacial score (nSPS) is 14.6. The fourth-order valence-electron chi connectivity index (χ4n) is 3.47. The van der Waals surface area contributed by atoms with E-state index in [0.29, 0.717) is 0 Å².